The largest absolute Gasteiger partial charge is 0.508 e. The number of carbonyl (C=O) groups excluding carboxylic acids is 3. The van der Waals surface area contributed by atoms with E-state index >= 15 is 0 Å². The molecule has 1 aliphatic carbocycles. The number of hydrogen-bond acceptors (Lipinski definition) is 11. The molecule has 0 saturated carbocycles. The van der Waals surface area contributed by atoms with Crippen LogP contribution in [-0.4, -0.2) is 85.3 Å². The molecule has 5 atom stereocenters. The number of hydrogen-bond donors (Lipinski definition) is 6. The van der Waals surface area contributed by atoms with Crippen LogP contribution in [0, 0.1) is 0 Å². The topological polar surface area (TPSA) is 191 Å². The number of phenolic OH excluding ortho intramolecular Hbond substituents is 1. The van der Waals surface area contributed by atoms with Crippen molar-refractivity contribution in [3.05, 3.63) is 59.1 Å². The summed E-state index contributed by atoms with van der Waals surface area (Å²) in [6, 6.07) is 5.72. The Labute approximate surface area is 180 Å². The van der Waals surface area contributed by atoms with Crippen molar-refractivity contribution in [2.75, 3.05) is 6.61 Å². The molecule has 2 aliphatic rings. The zero-order valence-corrected chi connectivity index (χ0v) is 16.4. The molecule has 170 valence electrons. The van der Waals surface area contributed by atoms with Crippen LogP contribution in [0.1, 0.15) is 5.56 Å². The predicted molar refractivity (Wildman–Crippen MR) is 105 cm³/mol. The number of phenols is 1. The molecule has 0 spiro atoms. The second-order valence-electron chi connectivity index (χ2n) is 7.03. The molecule has 1 heterocycles. The highest BCUT2D eigenvalue weighted by molar-refractivity contribution is 6.49. The average Bonchev–Trinajstić information content (AvgIpc) is 2.76. The van der Waals surface area contributed by atoms with E-state index in [9.17, 15) is 45.0 Å². The van der Waals surface area contributed by atoms with Crippen LogP contribution in [-0.2, 0) is 23.9 Å². The zero-order valence-electron chi connectivity index (χ0n) is 16.4. The maximum Gasteiger partial charge on any atom is 0.268 e. The van der Waals surface area contributed by atoms with Gasteiger partial charge in [0.05, 0.1) is 6.61 Å². The first-order valence-corrected chi connectivity index (χ1v) is 9.36. The lowest BCUT2D eigenvalue weighted by atomic mass is 9.96. The van der Waals surface area contributed by atoms with Crippen LogP contribution >= 0.6 is 0 Å². The fourth-order valence-electron chi connectivity index (χ4n) is 3.08. The molecule has 11 nitrogen and oxygen atoms in total. The second kappa shape index (κ2) is 9.42. The van der Waals surface area contributed by atoms with Crippen molar-refractivity contribution in [1.29, 1.82) is 0 Å². The molecule has 3 rings (SSSR count). The molecule has 1 aliphatic heterocycles. The first-order chi connectivity index (χ1) is 15.1. The number of ether oxygens (including phenoxy) is 2. The fourth-order valence-corrected chi connectivity index (χ4v) is 3.08. The van der Waals surface area contributed by atoms with Gasteiger partial charge in [-0.25, -0.2) is 0 Å². The number of ketones is 3. The van der Waals surface area contributed by atoms with Crippen LogP contribution in [0.2, 0.25) is 0 Å². The number of aliphatic hydroxyl groups is 5. The Hall–Kier alpha value is -3.35. The number of Topliss-reactive ketones (excluding diaryl/α,β-unsaturated/α-hetero) is 1. The molecule has 0 unspecified atom stereocenters. The summed E-state index contributed by atoms with van der Waals surface area (Å²) in [6.45, 7) is -0.775. The zero-order chi connectivity index (χ0) is 23.6. The maximum absolute atomic E-state index is 12.7. The smallest absolute Gasteiger partial charge is 0.268 e. The summed E-state index contributed by atoms with van der Waals surface area (Å²) in [5.41, 5.74) is -0.198. The van der Waals surface area contributed by atoms with Gasteiger partial charge in [-0.3, -0.25) is 14.4 Å². The van der Waals surface area contributed by atoms with Gasteiger partial charge < -0.3 is 40.1 Å². The van der Waals surface area contributed by atoms with Crippen molar-refractivity contribution in [3.63, 3.8) is 0 Å². The van der Waals surface area contributed by atoms with Crippen LogP contribution in [0.5, 0.6) is 5.75 Å². The Kier molecular flexibility index (Phi) is 6.87. The Bertz CT molecular complexity index is 1000. The summed E-state index contributed by atoms with van der Waals surface area (Å²) < 4.78 is 10.4. The van der Waals surface area contributed by atoms with Crippen molar-refractivity contribution in [3.8, 4) is 5.75 Å². The van der Waals surface area contributed by atoms with Crippen molar-refractivity contribution in [2.24, 2.45) is 0 Å². The van der Waals surface area contributed by atoms with E-state index in [0.717, 1.165) is 6.08 Å². The highest BCUT2D eigenvalue weighted by Gasteiger charge is 2.46. The van der Waals surface area contributed by atoms with Crippen LogP contribution in [0.4, 0.5) is 0 Å². The average molecular weight is 448 g/mol. The molecule has 32 heavy (non-hydrogen) atoms. The van der Waals surface area contributed by atoms with Crippen LogP contribution < -0.4 is 0 Å². The van der Waals surface area contributed by atoms with Gasteiger partial charge in [0.15, 0.2) is 11.5 Å². The van der Waals surface area contributed by atoms with Crippen LogP contribution in [0.25, 0.3) is 6.08 Å². The lowest BCUT2D eigenvalue weighted by Crippen LogP contribution is -2.59. The third-order valence-corrected chi connectivity index (χ3v) is 4.83. The minimum absolute atomic E-state index is 0.00312. The molecular weight excluding hydrogens is 428 g/mol. The number of aliphatic hydroxyl groups excluding tert-OH is 5. The second-order valence-corrected chi connectivity index (χ2v) is 7.03. The Morgan fingerprint density at radius 2 is 1.69 bits per heavy atom. The summed E-state index contributed by atoms with van der Waals surface area (Å²) >= 11 is 0. The van der Waals surface area contributed by atoms with E-state index in [1.54, 1.807) is 0 Å². The lowest BCUT2D eigenvalue weighted by molar-refractivity contribution is -0.290. The summed E-state index contributed by atoms with van der Waals surface area (Å²) in [4.78, 5) is 37.0. The van der Waals surface area contributed by atoms with E-state index in [0.29, 0.717) is 11.6 Å². The van der Waals surface area contributed by atoms with Gasteiger partial charge in [-0.15, -0.1) is 0 Å². The summed E-state index contributed by atoms with van der Waals surface area (Å²) in [5, 5.41) is 58.5. The number of aromatic hydroxyl groups is 1. The van der Waals surface area contributed by atoms with Gasteiger partial charge >= 0.3 is 0 Å². The van der Waals surface area contributed by atoms with E-state index in [-0.39, 0.29) is 5.75 Å². The normalized spacial score (nSPS) is 28.8. The van der Waals surface area contributed by atoms with Gasteiger partial charge in [-0.05, 0) is 23.8 Å². The quantitative estimate of drug-likeness (QED) is 0.171. The maximum atomic E-state index is 12.7. The molecular formula is C21H20O11. The van der Waals surface area contributed by atoms with E-state index in [4.69, 9.17) is 9.47 Å². The third kappa shape index (κ3) is 4.61. The Morgan fingerprint density at radius 3 is 2.31 bits per heavy atom. The SMILES string of the molecule is O=C1C=C(O)C(C(=O)/C=C/c2ccc(O)cc2)=C(O[C@@H]2O[C@H](CO)[C@@H](O)[C@@H](O)[C@H]2O)C1=O. The van der Waals surface area contributed by atoms with Crippen LogP contribution in [0.3, 0.4) is 0 Å². The molecule has 1 aromatic carbocycles. The van der Waals surface area contributed by atoms with Crippen molar-refractivity contribution >= 4 is 23.4 Å². The molecule has 0 bridgehead atoms. The highest BCUT2D eigenvalue weighted by atomic mass is 16.7. The number of carbonyl (C=O) groups is 3. The lowest BCUT2D eigenvalue weighted by Gasteiger charge is -2.39. The summed E-state index contributed by atoms with van der Waals surface area (Å²) in [7, 11) is 0. The van der Waals surface area contributed by atoms with E-state index in [1.165, 1.54) is 30.3 Å². The van der Waals surface area contributed by atoms with Gasteiger partial charge in [0, 0.05) is 6.08 Å². The molecule has 0 amide bonds. The molecule has 6 N–H and O–H groups in total. The Balaban J connectivity index is 1.94. The summed E-state index contributed by atoms with van der Waals surface area (Å²) in [5.74, 6) is -5.26. The number of benzene rings is 1. The molecule has 11 heteroatoms. The molecule has 0 radical (unpaired) electrons. The number of rotatable bonds is 6. The van der Waals surface area contributed by atoms with Gasteiger partial charge in [0.2, 0.25) is 12.1 Å². The minimum atomic E-state index is -1.92. The predicted octanol–water partition coefficient (Wildman–Crippen LogP) is -1.36. The highest BCUT2D eigenvalue weighted by Crippen LogP contribution is 2.28. The van der Waals surface area contributed by atoms with Gasteiger partial charge in [0.25, 0.3) is 5.78 Å². The summed E-state index contributed by atoms with van der Waals surface area (Å²) in [6.07, 6.45) is -5.85. The van der Waals surface area contributed by atoms with Crippen molar-refractivity contribution in [1.82, 2.24) is 0 Å². The van der Waals surface area contributed by atoms with Gasteiger partial charge in [-0.1, -0.05) is 18.2 Å². The third-order valence-electron chi connectivity index (χ3n) is 4.83. The fraction of sp³-hybridized carbons (Fsp3) is 0.286. The first kappa shape index (κ1) is 23.3. The first-order valence-electron chi connectivity index (χ1n) is 9.36. The number of allylic oxidation sites excluding steroid dienone is 4. The van der Waals surface area contributed by atoms with Gasteiger partial charge in [0.1, 0.15) is 41.5 Å². The van der Waals surface area contributed by atoms with Crippen molar-refractivity contribution in [2.45, 2.75) is 30.7 Å². The molecule has 0 aromatic heterocycles. The molecule has 1 fully saturated rings. The van der Waals surface area contributed by atoms with Crippen molar-refractivity contribution < 1.29 is 54.5 Å². The molecule has 1 aromatic rings. The standard InChI is InChI=1S/C21H20O11/c22-8-14-17(28)18(29)19(30)21(31-14)32-20-15(12(25)7-13(26)16(20)27)11(24)6-3-9-1-4-10(23)5-2-9/h1-7,14,17-19,21-23,25,28-30H,8H2/b6-3+/t14-,17-,18-,19-,21+/m1/s1. The molecule has 1 saturated heterocycles. The monoisotopic (exact) mass is 448 g/mol. The van der Waals surface area contributed by atoms with E-state index < -0.39 is 71.8 Å². The van der Waals surface area contributed by atoms with Gasteiger partial charge in [-0.2, -0.15) is 0 Å². The Morgan fingerprint density at radius 1 is 1.03 bits per heavy atom. The van der Waals surface area contributed by atoms with E-state index in [1.807, 2.05) is 0 Å². The minimum Gasteiger partial charge on any atom is -0.508 e. The van der Waals surface area contributed by atoms with E-state index in [2.05, 4.69) is 0 Å². The van der Waals surface area contributed by atoms with Crippen LogP contribution in [0.15, 0.2) is 53.5 Å².